The maximum Gasteiger partial charge on any atom is 0.194 e. The van der Waals surface area contributed by atoms with Gasteiger partial charge in [0.15, 0.2) is 17.5 Å². The van der Waals surface area contributed by atoms with Gasteiger partial charge >= 0.3 is 0 Å². The second-order valence-electron chi connectivity index (χ2n) is 9.55. The molecule has 2 saturated carbocycles. The van der Waals surface area contributed by atoms with E-state index in [4.69, 9.17) is 0 Å². The van der Waals surface area contributed by atoms with E-state index in [-0.39, 0.29) is 5.92 Å². The first-order chi connectivity index (χ1) is 14.1. The van der Waals surface area contributed by atoms with E-state index in [1.807, 2.05) is 6.08 Å². The lowest BCUT2D eigenvalue weighted by Crippen LogP contribution is -2.18. The zero-order chi connectivity index (χ0) is 20.6. The van der Waals surface area contributed by atoms with Crippen LogP contribution in [0.3, 0.4) is 0 Å². The zero-order valence-electron chi connectivity index (χ0n) is 17.8. The molecule has 162 valence electrons. The van der Waals surface area contributed by atoms with Gasteiger partial charge in [0, 0.05) is 0 Å². The van der Waals surface area contributed by atoms with Gasteiger partial charge in [-0.15, -0.1) is 6.58 Å². The van der Waals surface area contributed by atoms with E-state index in [9.17, 15) is 13.2 Å². The molecule has 0 unspecified atom stereocenters. The summed E-state index contributed by atoms with van der Waals surface area (Å²) in [5, 5.41) is 0. The Bertz CT molecular complexity index is 614. The molecule has 0 amide bonds. The molecule has 1 aromatic rings. The Kier molecular flexibility index (Phi) is 8.68. The molecule has 3 heteroatoms. The van der Waals surface area contributed by atoms with E-state index >= 15 is 0 Å². The van der Waals surface area contributed by atoms with Crippen molar-refractivity contribution in [1.82, 2.24) is 0 Å². The first-order valence-electron chi connectivity index (χ1n) is 11.8. The second-order valence-corrected chi connectivity index (χ2v) is 9.55. The molecular formula is C26H37F3. The summed E-state index contributed by atoms with van der Waals surface area (Å²) in [6, 6.07) is 2.39. The predicted molar refractivity (Wildman–Crippen MR) is 114 cm³/mol. The van der Waals surface area contributed by atoms with Gasteiger partial charge < -0.3 is 0 Å². The molecule has 0 aromatic heterocycles. The van der Waals surface area contributed by atoms with E-state index < -0.39 is 17.5 Å². The highest BCUT2D eigenvalue weighted by Crippen LogP contribution is 2.40. The van der Waals surface area contributed by atoms with Gasteiger partial charge in [0.1, 0.15) is 0 Å². The number of rotatable bonds is 9. The summed E-state index contributed by atoms with van der Waals surface area (Å²) in [5.74, 6) is -0.698. The molecule has 3 rings (SSSR count). The highest BCUT2D eigenvalue weighted by Gasteiger charge is 2.26. The number of unbranched alkanes of at least 4 members (excludes halogenated alkanes) is 2. The van der Waals surface area contributed by atoms with Crippen molar-refractivity contribution in [2.45, 2.75) is 95.8 Å². The molecule has 29 heavy (non-hydrogen) atoms. The highest BCUT2D eigenvalue weighted by atomic mass is 19.2. The molecule has 0 heterocycles. The minimum atomic E-state index is -1.35. The number of hydrogen-bond acceptors (Lipinski definition) is 0. The van der Waals surface area contributed by atoms with Crippen LogP contribution in [0.25, 0.3) is 0 Å². The van der Waals surface area contributed by atoms with Crippen molar-refractivity contribution in [3.05, 3.63) is 47.8 Å². The Labute approximate surface area is 175 Å². The first-order valence-corrected chi connectivity index (χ1v) is 11.8. The van der Waals surface area contributed by atoms with E-state index in [2.05, 4.69) is 6.58 Å². The molecule has 0 saturated heterocycles. The maximum absolute atomic E-state index is 13.5. The fraction of sp³-hybridized carbons (Fsp3) is 0.692. The zero-order valence-corrected chi connectivity index (χ0v) is 17.8. The molecule has 0 atom stereocenters. The highest BCUT2D eigenvalue weighted by molar-refractivity contribution is 5.23. The summed E-state index contributed by atoms with van der Waals surface area (Å²) >= 11 is 0. The van der Waals surface area contributed by atoms with Gasteiger partial charge in [-0.3, -0.25) is 0 Å². The molecule has 0 nitrogen and oxygen atoms in total. The summed E-state index contributed by atoms with van der Waals surface area (Å²) in [6.45, 7) is 3.80. The van der Waals surface area contributed by atoms with Crippen molar-refractivity contribution >= 4 is 0 Å². The Morgan fingerprint density at radius 1 is 0.724 bits per heavy atom. The standard InChI is InChI=1S/C26H37F3/c1-2-3-4-5-6-19-7-9-20(10-8-19)11-12-21-13-15-22(16-14-21)23-17-24(27)26(29)25(28)18-23/h2,17-22H,1,3-16H2. The summed E-state index contributed by atoms with van der Waals surface area (Å²) in [7, 11) is 0. The average Bonchev–Trinajstić information content (AvgIpc) is 2.74. The van der Waals surface area contributed by atoms with Gasteiger partial charge in [-0.25, -0.2) is 13.2 Å². The normalized spacial score (nSPS) is 27.7. The van der Waals surface area contributed by atoms with Crippen LogP contribution in [0, 0.1) is 35.2 Å². The van der Waals surface area contributed by atoms with Crippen molar-refractivity contribution in [3.63, 3.8) is 0 Å². The summed E-state index contributed by atoms with van der Waals surface area (Å²) in [4.78, 5) is 0. The third kappa shape index (κ3) is 6.62. The lowest BCUT2D eigenvalue weighted by molar-refractivity contribution is 0.222. The molecule has 0 N–H and O–H groups in total. The maximum atomic E-state index is 13.5. The van der Waals surface area contributed by atoms with Crippen LogP contribution >= 0.6 is 0 Å². The van der Waals surface area contributed by atoms with Crippen LogP contribution in [0.4, 0.5) is 13.2 Å². The Hall–Kier alpha value is -1.25. The minimum Gasteiger partial charge on any atom is -0.204 e. The van der Waals surface area contributed by atoms with Crippen LogP contribution in [-0.2, 0) is 0 Å². The van der Waals surface area contributed by atoms with Gasteiger partial charge in [-0.1, -0.05) is 57.4 Å². The van der Waals surface area contributed by atoms with Crippen molar-refractivity contribution in [3.8, 4) is 0 Å². The smallest absolute Gasteiger partial charge is 0.194 e. The summed E-state index contributed by atoms with van der Waals surface area (Å²) in [6.07, 6.45) is 19.7. The third-order valence-corrected chi connectivity index (χ3v) is 7.54. The van der Waals surface area contributed by atoms with Crippen LogP contribution in [0.15, 0.2) is 24.8 Å². The van der Waals surface area contributed by atoms with Gasteiger partial charge in [0.25, 0.3) is 0 Å². The van der Waals surface area contributed by atoms with Crippen molar-refractivity contribution < 1.29 is 13.2 Å². The lowest BCUT2D eigenvalue weighted by atomic mass is 9.74. The van der Waals surface area contributed by atoms with Gasteiger partial charge in [0.2, 0.25) is 0 Å². The van der Waals surface area contributed by atoms with Crippen LogP contribution in [-0.4, -0.2) is 0 Å². The SMILES string of the molecule is C=CCCCCC1CCC(CCC2CCC(c3cc(F)c(F)c(F)c3)CC2)CC1. The first kappa shape index (κ1) is 22.4. The second kappa shape index (κ2) is 11.2. The number of halogens is 3. The van der Waals surface area contributed by atoms with Crippen LogP contribution < -0.4 is 0 Å². The predicted octanol–water partition coefficient (Wildman–Crippen LogP) is 8.71. The molecular weight excluding hydrogens is 369 g/mol. The molecule has 0 spiro atoms. The molecule has 0 radical (unpaired) electrons. The third-order valence-electron chi connectivity index (χ3n) is 7.54. The van der Waals surface area contributed by atoms with Crippen molar-refractivity contribution in [2.24, 2.45) is 17.8 Å². The van der Waals surface area contributed by atoms with Gasteiger partial charge in [-0.05, 0) is 79.9 Å². The summed E-state index contributed by atoms with van der Waals surface area (Å²) < 4.78 is 40.2. The Morgan fingerprint density at radius 2 is 1.21 bits per heavy atom. The molecule has 1 aromatic carbocycles. The average molecular weight is 407 g/mol. The number of allylic oxidation sites excluding steroid dienone is 1. The number of benzene rings is 1. The van der Waals surface area contributed by atoms with Crippen LogP contribution in [0.5, 0.6) is 0 Å². The van der Waals surface area contributed by atoms with E-state index in [1.54, 1.807) is 0 Å². The fourth-order valence-corrected chi connectivity index (χ4v) is 5.60. The molecule has 0 bridgehead atoms. The minimum absolute atomic E-state index is 0.173. The van der Waals surface area contributed by atoms with E-state index in [0.29, 0.717) is 5.56 Å². The van der Waals surface area contributed by atoms with Gasteiger partial charge in [-0.2, -0.15) is 0 Å². The fourth-order valence-electron chi connectivity index (χ4n) is 5.60. The molecule has 2 fully saturated rings. The molecule has 2 aliphatic carbocycles. The van der Waals surface area contributed by atoms with Crippen molar-refractivity contribution in [2.75, 3.05) is 0 Å². The largest absolute Gasteiger partial charge is 0.204 e. The molecule has 0 aliphatic heterocycles. The van der Waals surface area contributed by atoms with Crippen LogP contribution in [0.2, 0.25) is 0 Å². The number of hydrogen-bond donors (Lipinski definition) is 0. The quantitative estimate of drug-likeness (QED) is 0.218. The van der Waals surface area contributed by atoms with Crippen LogP contribution in [0.1, 0.15) is 101 Å². The Morgan fingerprint density at radius 3 is 1.72 bits per heavy atom. The summed E-state index contributed by atoms with van der Waals surface area (Å²) in [5.41, 5.74) is 0.631. The van der Waals surface area contributed by atoms with Gasteiger partial charge in [0.05, 0.1) is 0 Å². The topological polar surface area (TPSA) is 0 Å². The Balaban J connectivity index is 1.33. The lowest BCUT2D eigenvalue weighted by Gasteiger charge is -2.32. The molecule has 2 aliphatic rings. The van der Waals surface area contributed by atoms with Crippen molar-refractivity contribution in [1.29, 1.82) is 0 Å². The van der Waals surface area contributed by atoms with E-state index in [1.165, 1.54) is 69.9 Å². The van der Waals surface area contributed by atoms with E-state index in [0.717, 1.165) is 49.9 Å². The monoisotopic (exact) mass is 406 g/mol.